The number of sulfonamides is 1. The van der Waals surface area contributed by atoms with E-state index in [2.05, 4.69) is 15.0 Å². The Labute approximate surface area is 168 Å². The molecule has 0 radical (unpaired) electrons. The van der Waals surface area contributed by atoms with Gasteiger partial charge in [0.05, 0.1) is 27.8 Å². The number of benzene rings is 2. The van der Waals surface area contributed by atoms with E-state index in [-0.39, 0.29) is 28.1 Å². The predicted octanol–water partition coefficient (Wildman–Crippen LogP) is 3.77. The molecule has 0 saturated heterocycles. The number of anilines is 1. The molecule has 3 aromatic rings. The van der Waals surface area contributed by atoms with E-state index in [0.717, 1.165) is 11.3 Å². The lowest BCUT2D eigenvalue weighted by atomic mass is 10.2. The number of carbonyl (C=O) groups is 1. The first-order valence-corrected chi connectivity index (χ1v) is 10.3. The number of hydrogen-bond donors (Lipinski definition) is 2. The zero-order valence-electron chi connectivity index (χ0n) is 15.0. The maximum atomic E-state index is 12.5. The third-order valence-corrected chi connectivity index (χ3v) is 5.66. The molecule has 1 heterocycles. The van der Waals surface area contributed by atoms with Crippen molar-refractivity contribution in [3.63, 3.8) is 0 Å². The van der Waals surface area contributed by atoms with E-state index in [4.69, 9.17) is 11.6 Å². The van der Waals surface area contributed by atoms with Gasteiger partial charge in [-0.15, -0.1) is 0 Å². The van der Waals surface area contributed by atoms with Crippen LogP contribution < -0.4 is 10.0 Å². The molecule has 0 saturated carbocycles. The van der Waals surface area contributed by atoms with Gasteiger partial charge in [0.15, 0.2) is 0 Å². The van der Waals surface area contributed by atoms with Crippen molar-refractivity contribution < 1.29 is 13.2 Å². The van der Waals surface area contributed by atoms with Gasteiger partial charge in [0.25, 0.3) is 15.9 Å². The molecule has 0 aliphatic rings. The lowest BCUT2D eigenvalue weighted by molar-refractivity contribution is 0.0950. The number of nitrogens with one attached hydrogen (secondary N) is 2. The molecular weight excluding hydrogens is 398 g/mol. The highest BCUT2D eigenvalue weighted by atomic mass is 35.5. The van der Waals surface area contributed by atoms with Crippen LogP contribution in [0, 0.1) is 6.92 Å². The van der Waals surface area contributed by atoms with Crippen molar-refractivity contribution in [2.24, 2.45) is 0 Å². The van der Waals surface area contributed by atoms with E-state index in [1.54, 1.807) is 30.5 Å². The van der Waals surface area contributed by atoms with Crippen molar-refractivity contribution in [2.75, 3.05) is 4.72 Å². The van der Waals surface area contributed by atoms with Crippen LogP contribution in [0.5, 0.6) is 0 Å². The predicted molar refractivity (Wildman–Crippen MR) is 109 cm³/mol. The number of halogens is 1. The summed E-state index contributed by atoms with van der Waals surface area (Å²) in [6, 6.07) is 16.3. The van der Waals surface area contributed by atoms with Gasteiger partial charge < -0.3 is 5.32 Å². The zero-order chi connectivity index (χ0) is 20.1. The fourth-order valence-corrected chi connectivity index (χ4v) is 3.80. The molecule has 0 bridgehead atoms. The second kappa shape index (κ2) is 8.41. The first-order chi connectivity index (χ1) is 13.3. The molecule has 1 aromatic heterocycles. The summed E-state index contributed by atoms with van der Waals surface area (Å²) in [4.78, 5) is 16.5. The third kappa shape index (κ3) is 4.88. The second-order valence-electron chi connectivity index (χ2n) is 6.12. The van der Waals surface area contributed by atoms with Gasteiger partial charge >= 0.3 is 0 Å². The van der Waals surface area contributed by atoms with Gasteiger partial charge in [0, 0.05) is 11.8 Å². The van der Waals surface area contributed by atoms with Gasteiger partial charge in [-0.25, -0.2) is 8.42 Å². The number of amides is 1. The first-order valence-electron chi connectivity index (χ1n) is 8.42. The van der Waals surface area contributed by atoms with Gasteiger partial charge in [-0.05, 0) is 49.4 Å². The van der Waals surface area contributed by atoms with Crippen LogP contribution in [0.4, 0.5) is 5.69 Å². The highest BCUT2D eigenvalue weighted by molar-refractivity contribution is 7.92. The van der Waals surface area contributed by atoms with Crippen LogP contribution >= 0.6 is 11.6 Å². The van der Waals surface area contributed by atoms with Gasteiger partial charge in [-0.1, -0.05) is 35.4 Å². The molecule has 8 heteroatoms. The number of aromatic nitrogens is 1. The summed E-state index contributed by atoms with van der Waals surface area (Å²) in [5.74, 6) is -0.333. The van der Waals surface area contributed by atoms with Crippen LogP contribution in [0.25, 0.3) is 0 Å². The van der Waals surface area contributed by atoms with Crippen molar-refractivity contribution in [1.29, 1.82) is 0 Å². The normalized spacial score (nSPS) is 11.1. The summed E-state index contributed by atoms with van der Waals surface area (Å²) in [6.45, 7) is 2.15. The molecule has 144 valence electrons. The Morgan fingerprint density at radius 2 is 1.82 bits per heavy atom. The van der Waals surface area contributed by atoms with E-state index in [1.807, 2.05) is 13.0 Å². The molecule has 0 fully saturated rings. The maximum Gasteiger partial charge on any atom is 0.261 e. The highest BCUT2D eigenvalue weighted by Gasteiger charge is 2.16. The quantitative estimate of drug-likeness (QED) is 0.641. The molecule has 2 aromatic carbocycles. The Bertz CT molecular complexity index is 1090. The Morgan fingerprint density at radius 1 is 1.07 bits per heavy atom. The molecular formula is C20H18ClN3O3S. The summed E-state index contributed by atoms with van der Waals surface area (Å²) < 4.78 is 27.4. The van der Waals surface area contributed by atoms with Crippen LogP contribution in [-0.2, 0) is 16.6 Å². The van der Waals surface area contributed by atoms with Crippen LogP contribution in [0.1, 0.15) is 21.6 Å². The number of pyridine rings is 1. The lowest BCUT2D eigenvalue weighted by Gasteiger charge is -2.11. The van der Waals surface area contributed by atoms with Gasteiger partial charge in [0.2, 0.25) is 0 Å². The molecule has 0 aliphatic carbocycles. The minimum Gasteiger partial charge on any atom is -0.346 e. The Balaban J connectivity index is 1.71. The molecule has 0 aliphatic heterocycles. The summed E-state index contributed by atoms with van der Waals surface area (Å²) in [6.07, 6.45) is 1.65. The van der Waals surface area contributed by atoms with E-state index < -0.39 is 10.0 Å². The number of rotatable bonds is 6. The molecule has 0 atom stereocenters. The van der Waals surface area contributed by atoms with Gasteiger partial charge in [0.1, 0.15) is 0 Å². The number of aryl methyl sites for hydroxylation is 1. The van der Waals surface area contributed by atoms with Crippen molar-refractivity contribution in [1.82, 2.24) is 10.3 Å². The molecule has 6 nitrogen and oxygen atoms in total. The fraction of sp³-hybridized carbons (Fsp3) is 0.100. The maximum absolute atomic E-state index is 12.5. The third-order valence-electron chi connectivity index (χ3n) is 3.96. The Hall–Kier alpha value is -2.90. The summed E-state index contributed by atoms with van der Waals surface area (Å²) in [7, 11) is -3.78. The molecule has 0 spiro atoms. The van der Waals surface area contributed by atoms with Crippen molar-refractivity contribution in [2.45, 2.75) is 18.4 Å². The average molecular weight is 416 g/mol. The molecule has 28 heavy (non-hydrogen) atoms. The molecule has 1 amide bonds. The minimum atomic E-state index is -3.78. The minimum absolute atomic E-state index is 0.126. The standard InChI is InChI=1S/C20H18ClN3O3S/c1-14-5-8-17(9-6-14)28(26,27)24-19-10-7-15(12-18(19)21)20(25)23-13-16-4-2-3-11-22-16/h2-12,24H,13H2,1H3,(H,23,25). The van der Waals surface area contributed by atoms with Crippen LogP contribution in [-0.4, -0.2) is 19.3 Å². The highest BCUT2D eigenvalue weighted by Crippen LogP contribution is 2.26. The van der Waals surface area contributed by atoms with E-state index in [1.165, 1.54) is 30.3 Å². The summed E-state index contributed by atoms with van der Waals surface area (Å²) in [5, 5.41) is 2.87. The Kier molecular flexibility index (Phi) is 5.96. The monoisotopic (exact) mass is 415 g/mol. The SMILES string of the molecule is Cc1ccc(S(=O)(=O)Nc2ccc(C(=O)NCc3ccccn3)cc2Cl)cc1. The second-order valence-corrected chi connectivity index (χ2v) is 8.21. The molecule has 3 rings (SSSR count). The topological polar surface area (TPSA) is 88.2 Å². The van der Waals surface area contributed by atoms with Crippen LogP contribution in [0.2, 0.25) is 5.02 Å². The van der Waals surface area contributed by atoms with E-state index in [0.29, 0.717) is 5.56 Å². The zero-order valence-corrected chi connectivity index (χ0v) is 16.6. The fourth-order valence-electron chi connectivity index (χ4n) is 2.44. The largest absolute Gasteiger partial charge is 0.346 e. The lowest BCUT2D eigenvalue weighted by Crippen LogP contribution is -2.23. The van der Waals surface area contributed by atoms with Gasteiger partial charge in [-0.3, -0.25) is 14.5 Å². The van der Waals surface area contributed by atoms with Crippen LogP contribution in [0.15, 0.2) is 71.8 Å². The first kappa shape index (κ1) is 19.9. The number of carbonyl (C=O) groups excluding carboxylic acids is 1. The number of hydrogen-bond acceptors (Lipinski definition) is 4. The van der Waals surface area contributed by atoms with Crippen molar-refractivity contribution in [3.8, 4) is 0 Å². The average Bonchev–Trinajstić information content (AvgIpc) is 2.68. The Morgan fingerprint density at radius 3 is 2.46 bits per heavy atom. The van der Waals surface area contributed by atoms with Crippen molar-refractivity contribution >= 4 is 33.2 Å². The summed E-state index contributed by atoms with van der Waals surface area (Å²) in [5.41, 5.74) is 2.20. The molecule has 0 unspecified atom stereocenters. The van der Waals surface area contributed by atoms with E-state index in [9.17, 15) is 13.2 Å². The van der Waals surface area contributed by atoms with Gasteiger partial charge in [-0.2, -0.15) is 0 Å². The smallest absolute Gasteiger partial charge is 0.261 e. The summed E-state index contributed by atoms with van der Waals surface area (Å²) >= 11 is 6.19. The van der Waals surface area contributed by atoms with Crippen LogP contribution in [0.3, 0.4) is 0 Å². The number of nitrogens with zero attached hydrogens (tertiary/aromatic N) is 1. The van der Waals surface area contributed by atoms with Crippen molar-refractivity contribution in [3.05, 3.63) is 88.7 Å². The van der Waals surface area contributed by atoms with E-state index >= 15 is 0 Å². The molecule has 2 N–H and O–H groups in total.